The summed E-state index contributed by atoms with van der Waals surface area (Å²) in [4.78, 5) is 11.7. The van der Waals surface area contributed by atoms with Crippen LogP contribution in [0.5, 0.6) is 0 Å². The van der Waals surface area contributed by atoms with E-state index in [1.807, 2.05) is 48.6 Å². The summed E-state index contributed by atoms with van der Waals surface area (Å²) in [7, 11) is 0. The van der Waals surface area contributed by atoms with Crippen molar-refractivity contribution < 1.29 is 0 Å². The fourth-order valence-corrected chi connectivity index (χ4v) is 1.59. The number of anilines is 1. The molecule has 2 aromatic rings. The monoisotopic (exact) mass is 238 g/mol. The number of nitrogens with two attached hydrogens (primary N) is 1. The molecule has 0 aliphatic carbocycles. The Bertz CT molecular complexity index is 606. The summed E-state index contributed by atoms with van der Waals surface area (Å²) in [6.45, 7) is 0. The minimum atomic E-state index is -0.129. The first-order valence-electron chi connectivity index (χ1n) is 5.64. The lowest BCUT2D eigenvalue weighted by molar-refractivity contribution is 1.34. The largest absolute Gasteiger partial charge is 0.321 e. The van der Waals surface area contributed by atoms with Gasteiger partial charge in [-0.05, 0) is 23.3 Å². The molecule has 3 N–H and O–H groups in total. The van der Waals surface area contributed by atoms with Gasteiger partial charge in [0.2, 0.25) is 5.43 Å². The van der Waals surface area contributed by atoms with E-state index in [9.17, 15) is 4.79 Å². The van der Waals surface area contributed by atoms with Crippen molar-refractivity contribution in [1.29, 1.82) is 0 Å². The zero-order valence-corrected chi connectivity index (χ0v) is 9.84. The summed E-state index contributed by atoms with van der Waals surface area (Å²) in [5.74, 6) is 5.25. The van der Waals surface area contributed by atoms with Gasteiger partial charge in [0.1, 0.15) is 0 Å². The molecule has 0 bridgehead atoms. The Hall–Kier alpha value is -2.39. The predicted octanol–water partition coefficient (Wildman–Crippen LogP) is 2.50. The highest BCUT2D eigenvalue weighted by molar-refractivity contribution is 5.69. The number of benzene rings is 1. The number of hydrogen-bond donors (Lipinski definition) is 2. The quantitative estimate of drug-likeness (QED) is 0.638. The van der Waals surface area contributed by atoms with Gasteiger partial charge in [-0.15, -0.1) is 0 Å². The van der Waals surface area contributed by atoms with Gasteiger partial charge in [0.05, 0.1) is 5.69 Å². The van der Waals surface area contributed by atoms with Gasteiger partial charge in [0.15, 0.2) is 0 Å². The van der Waals surface area contributed by atoms with Crippen LogP contribution >= 0.6 is 0 Å². The first-order valence-corrected chi connectivity index (χ1v) is 5.64. The molecule has 0 saturated carbocycles. The Kier molecular flexibility index (Phi) is 3.89. The first kappa shape index (κ1) is 12.1. The van der Waals surface area contributed by atoms with Crippen LogP contribution in [0.3, 0.4) is 0 Å². The average Bonchev–Trinajstić information content (AvgIpc) is 2.59. The molecular formula is C15H14N2O. The molecule has 3 heteroatoms. The van der Waals surface area contributed by atoms with Gasteiger partial charge in [0.25, 0.3) is 0 Å². The molecule has 0 atom stereocenters. The second-order valence-electron chi connectivity index (χ2n) is 3.84. The summed E-state index contributed by atoms with van der Waals surface area (Å²) in [6, 6.07) is 16.8. The minimum absolute atomic E-state index is 0.129. The molecule has 0 radical (unpaired) electrons. The van der Waals surface area contributed by atoms with Crippen molar-refractivity contribution >= 4 is 17.8 Å². The molecule has 0 fully saturated rings. The van der Waals surface area contributed by atoms with Gasteiger partial charge >= 0.3 is 0 Å². The fourth-order valence-electron chi connectivity index (χ4n) is 1.59. The van der Waals surface area contributed by atoms with Crippen LogP contribution < -0.4 is 16.7 Å². The summed E-state index contributed by atoms with van der Waals surface area (Å²) in [6.07, 6.45) is 3.86. The van der Waals surface area contributed by atoms with E-state index < -0.39 is 0 Å². The summed E-state index contributed by atoms with van der Waals surface area (Å²) < 4.78 is 0. The predicted molar refractivity (Wildman–Crippen MR) is 75.9 cm³/mol. The Labute approximate surface area is 106 Å². The molecule has 90 valence electrons. The van der Waals surface area contributed by atoms with Crippen LogP contribution in [0.25, 0.3) is 12.2 Å². The number of hydrazine groups is 1. The maximum atomic E-state index is 11.7. The average molecular weight is 238 g/mol. The van der Waals surface area contributed by atoms with E-state index in [0.29, 0.717) is 5.69 Å². The second kappa shape index (κ2) is 5.80. The van der Waals surface area contributed by atoms with Crippen LogP contribution in [-0.2, 0) is 0 Å². The van der Waals surface area contributed by atoms with Crippen molar-refractivity contribution in [3.05, 3.63) is 75.9 Å². The van der Waals surface area contributed by atoms with Crippen LogP contribution in [0.15, 0.2) is 59.4 Å². The standard InChI is InChI=1S/C15H14N2O/c16-17-14-8-4-7-13(11-15(14)18)10-9-12-5-2-1-3-6-12/h1-11H,16H2,(H,17,18)/b10-9+. The SMILES string of the molecule is NNc1cccc(/C=C/c2ccccc2)cc1=O. The van der Waals surface area contributed by atoms with Crippen molar-refractivity contribution in [3.63, 3.8) is 0 Å². The third kappa shape index (κ3) is 3.06. The normalized spacial score (nSPS) is 10.5. The van der Waals surface area contributed by atoms with E-state index in [2.05, 4.69) is 5.43 Å². The number of rotatable bonds is 3. The number of hydrogen-bond acceptors (Lipinski definition) is 3. The molecule has 0 saturated heterocycles. The maximum absolute atomic E-state index is 11.7. The van der Waals surface area contributed by atoms with Crippen molar-refractivity contribution in [2.75, 3.05) is 5.43 Å². The van der Waals surface area contributed by atoms with Crippen LogP contribution in [-0.4, -0.2) is 0 Å². The summed E-state index contributed by atoms with van der Waals surface area (Å²) in [5, 5.41) is 0. The first-order chi connectivity index (χ1) is 8.79. The number of nitrogen functional groups attached to an aromatic ring is 1. The van der Waals surface area contributed by atoms with Gasteiger partial charge < -0.3 is 5.43 Å². The number of nitrogens with one attached hydrogen (secondary N) is 1. The molecule has 3 nitrogen and oxygen atoms in total. The molecule has 0 aliphatic heterocycles. The fraction of sp³-hybridized carbons (Fsp3) is 0. The lowest BCUT2D eigenvalue weighted by Crippen LogP contribution is -2.14. The smallest absolute Gasteiger partial charge is 0.203 e. The van der Waals surface area contributed by atoms with Gasteiger partial charge in [-0.3, -0.25) is 10.6 Å². The maximum Gasteiger partial charge on any atom is 0.203 e. The van der Waals surface area contributed by atoms with Gasteiger partial charge in [-0.25, -0.2) is 0 Å². The van der Waals surface area contributed by atoms with Gasteiger partial charge in [-0.2, -0.15) is 0 Å². The Balaban J connectivity index is 2.31. The molecule has 18 heavy (non-hydrogen) atoms. The molecule has 0 heterocycles. The molecule has 0 aromatic heterocycles. The minimum Gasteiger partial charge on any atom is -0.321 e. The molecule has 2 rings (SSSR count). The topological polar surface area (TPSA) is 55.1 Å². The van der Waals surface area contributed by atoms with Crippen molar-refractivity contribution in [1.82, 2.24) is 0 Å². The lowest BCUT2D eigenvalue weighted by Gasteiger charge is -1.91. The summed E-state index contributed by atoms with van der Waals surface area (Å²) in [5.41, 5.74) is 4.56. The van der Waals surface area contributed by atoms with E-state index in [4.69, 9.17) is 5.84 Å². The highest BCUT2D eigenvalue weighted by Crippen LogP contribution is 2.07. The van der Waals surface area contributed by atoms with Crippen LogP contribution in [0.1, 0.15) is 11.1 Å². The second-order valence-corrected chi connectivity index (χ2v) is 3.84. The summed E-state index contributed by atoms with van der Waals surface area (Å²) >= 11 is 0. The highest BCUT2D eigenvalue weighted by atomic mass is 16.1. The Morgan fingerprint density at radius 3 is 2.28 bits per heavy atom. The van der Waals surface area contributed by atoms with E-state index in [-0.39, 0.29) is 5.43 Å². The molecule has 0 aliphatic rings. The highest BCUT2D eigenvalue weighted by Gasteiger charge is 1.94. The van der Waals surface area contributed by atoms with Crippen molar-refractivity contribution in [2.45, 2.75) is 0 Å². The molecule has 0 spiro atoms. The van der Waals surface area contributed by atoms with Crippen molar-refractivity contribution in [3.8, 4) is 0 Å². The van der Waals surface area contributed by atoms with E-state index in [1.54, 1.807) is 18.2 Å². The van der Waals surface area contributed by atoms with Crippen LogP contribution in [0, 0.1) is 0 Å². The Morgan fingerprint density at radius 2 is 1.56 bits per heavy atom. The van der Waals surface area contributed by atoms with Gasteiger partial charge in [0, 0.05) is 0 Å². The zero-order valence-electron chi connectivity index (χ0n) is 9.84. The van der Waals surface area contributed by atoms with Gasteiger partial charge in [-0.1, -0.05) is 54.6 Å². The molecule has 2 aromatic carbocycles. The Morgan fingerprint density at radius 1 is 0.889 bits per heavy atom. The van der Waals surface area contributed by atoms with E-state index in [1.165, 1.54) is 0 Å². The molecular weight excluding hydrogens is 224 g/mol. The zero-order chi connectivity index (χ0) is 12.8. The van der Waals surface area contributed by atoms with Crippen LogP contribution in [0.4, 0.5) is 5.69 Å². The third-order valence-corrected chi connectivity index (χ3v) is 2.54. The molecule has 0 unspecified atom stereocenters. The van der Waals surface area contributed by atoms with E-state index >= 15 is 0 Å². The van der Waals surface area contributed by atoms with E-state index in [0.717, 1.165) is 11.1 Å². The van der Waals surface area contributed by atoms with Crippen molar-refractivity contribution in [2.24, 2.45) is 5.84 Å². The lowest BCUT2D eigenvalue weighted by atomic mass is 10.2. The third-order valence-electron chi connectivity index (χ3n) is 2.54. The molecule has 0 amide bonds. The van der Waals surface area contributed by atoms with Crippen LogP contribution in [0.2, 0.25) is 0 Å².